The fourth-order valence-electron chi connectivity index (χ4n) is 3.90. The van der Waals surface area contributed by atoms with Crippen molar-refractivity contribution in [2.24, 2.45) is 11.1 Å². The van der Waals surface area contributed by atoms with Gasteiger partial charge in [-0.1, -0.05) is 19.3 Å². The van der Waals surface area contributed by atoms with Crippen LogP contribution in [0.15, 0.2) is 5.38 Å². The molecule has 1 aromatic rings. The topological polar surface area (TPSA) is 68.0 Å². The minimum absolute atomic E-state index is 0.0338. The lowest BCUT2D eigenvalue weighted by molar-refractivity contribution is -0.127. The third kappa shape index (κ3) is 3.06. The van der Waals surface area contributed by atoms with E-state index >= 15 is 0 Å². The first-order valence-electron chi connectivity index (χ1n) is 8.51. The van der Waals surface area contributed by atoms with Gasteiger partial charge in [-0.2, -0.15) is 0 Å². The number of nitrogens with one attached hydrogen (secondary N) is 1. The van der Waals surface area contributed by atoms with Crippen molar-refractivity contribution >= 4 is 17.2 Å². The molecule has 2 fully saturated rings. The molecule has 0 aromatic carbocycles. The van der Waals surface area contributed by atoms with Crippen LogP contribution >= 0.6 is 11.3 Å². The van der Waals surface area contributed by atoms with Crippen LogP contribution in [0.5, 0.6) is 0 Å². The molecule has 5 heteroatoms. The van der Waals surface area contributed by atoms with Gasteiger partial charge in [-0.05, 0) is 51.0 Å². The van der Waals surface area contributed by atoms with Crippen molar-refractivity contribution in [1.82, 2.24) is 10.3 Å². The standard InChI is InChI=1S/C17H27N3OS/c1-13-11-22-15(19-13)17(8-5-9-17)20-14(21)10-16(12-18)6-3-2-4-7-16/h11H,2-10,12,18H2,1H3,(H,20,21). The number of carbonyl (C=O) groups is 1. The Bertz CT molecular complexity index is 530. The van der Waals surface area contributed by atoms with E-state index in [1.165, 1.54) is 25.7 Å². The van der Waals surface area contributed by atoms with Crippen molar-refractivity contribution in [2.75, 3.05) is 6.54 Å². The summed E-state index contributed by atoms with van der Waals surface area (Å²) in [6.45, 7) is 2.64. The van der Waals surface area contributed by atoms with Crippen LogP contribution in [0.25, 0.3) is 0 Å². The molecule has 1 aromatic heterocycles. The van der Waals surface area contributed by atoms with E-state index < -0.39 is 0 Å². The Labute approximate surface area is 136 Å². The summed E-state index contributed by atoms with van der Waals surface area (Å²) in [6, 6.07) is 0. The first-order chi connectivity index (χ1) is 10.6. The van der Waals surface area contributed by atoms with Crippen molar-refractivity contribution in [2.45, 2.75) is 70.3 Å². The molecule has 0 bridgehead atoms. The highest BCUT2D eigenvalue weighted by Gasteiger charge is 2.43. The summed E-state index contributed by atoms with van der Waals surface area (Å²) >= 11 is 1.67. The lowest BCUT2D eigenvalue weighted by Gasteiger charge is -2.42. The molecule has 2 saturated carbocycles. The van der Waals surface area contributed by atoms with Gasteiger partial charge in [-0.15, -0.1) is 11.3 Å². The van der Waals surface area contributed by atoms with Crippen LogP contribution in [0.1, 0.15) is 68.5 Å². The Morgan fingerprint density at radius 3 is 2.50 bits per heavy atom. The Morgan fingerprint density at radius 2 is 2.00 bits per heavy atom. The normalized spacial score (nSPS) is 22.8. The summed E-state index contributed by atoms with van der Waals surface area (Å²) in [4.78, 5) is 17.3. The fraction of sp³-hybridized carbons (Fsp3) is 0.765. The maximum atomic E-state index is 12.7. The van der Waals surface area contributed by atoms with E-state index in [1.807, 2.05) is 6.92 Å². The SMILES string of the molecule is Cc1csc(C2(NC(=O)CC3(CN)CCCCC3)CCC2)n1. The Kier molecular flexibility index (Phi) is 4.55. The largest absolute Gasteiger partial charge is 0.344 e. The maximum absolute atomic E-state index is 12.7. The molecule has 2 aliphatic carbocycles. The molecule has 0 saturated heterocycles. The van der Waals surface area contributed by atoms with E-state index in [0.29, 0.717) is 13.0 Å². The molecular formula is C17H27N3OS. The number of hydrogen-bond donors (Lipinski definition) is 2. The van der Waals surface area contributed by atoms with Crippen molar-refractivity contribution in [3.63, 3.8) is 0 Å². The predicted molar refractivity (Wildman–Crippen MR) is 89.7 cm³/mol. The highest BCUT2D eigenvalue weighted by Crippen LogP contribution is 2.44. The van der Waals surface area contributed by atoms with E-state index in [1.54, 1.807) is 11.3 Å². The Morgan fingerprint density at radius 1 is 1.27 bits per heavy atom. The number of rotatable bonds is 5. The van der Waals surface area contributed by atoms with E-state index in [9.17, 15) is 4.79 Å². The minimum atomic E-state index is -0.194. The highest BCUT2D eigenvalue weighted by atomic mass is 32.1. The monoisotopic (exact) mass is 321 g/mol. The van der Waals surface area contributed by atoms with Crippen molar-refractivity contribution < 1.29 is 4.79 Å². The number of nitrogens with zero attached hydrogens (tertiary/aromatic N) is 1. The summed E-state index contributed by atoms with van der Waals surface area (Å²) in [7, 11) is 0. The molecule has 0 aliphatic heterocycles. The number of aryl methyl sites for hydroxylation is 1. The Balaban J connectivity index is 1.67. The van der Waals surface area contributed by atoms with Crippen molar-refractivity contribution in [1.29, 1.82) is 0 Å². The zero-order valence-corrected chi connectivity index (χ0v) is 14.3. The smallest absolute Gasteiger partial charge is 0.221 e. The third-order valence-corrected chi connectivity index (χ3v) is 6.66. The van der Waals surface area contributed by atoms with Crippen molar-refractivity contribution in [3.8, 4) is 0 Å². The molecule has 122 valence electrons. The van der Waals surface area contributed by atoms with E-state index in [4.69, 9.17) is 5.73 Å². The van der Waals surface area contributed by atoms with Gasteiger partial charge in [0.2, 0.25) is 5.91 Å². The van der Waals surface area contributed by atoms with Crippen LogP contribution in [-0.4, -0.2) is 17.4 Å². The average Bonchev–Trinajstić information content (AvgIpc) is 2.90. The number of carbonyl (C=O) groups excluding carboxylic acids is 1. The van der Waals surface area contributed by atoms with Crippen molar-refractivity contribution in [3.05, 3.63) is 16.1 Å². The quantitative estimate of drug-likeness (QED) is 0.875. The number of hydrogen-bond acceptors (Lipinski definition) is 4. The van der Waals surface area contributed by atoms with Gasteiger partial charge in [0.1, 0.15) is 5.01 Å². The van der Waals surface area contributed by atoms with E-state index in [2.05, 4.69) is 15.7 Å². The van der Waals surface area contributed by atoms with Crippen LogP contribution in [-0.2, 0) is 10.3 Å². The number of aromatic nitrogens is 1. The van der Waals surface area contributed by atoms with Gasteiger partial charge in [0.05, 0.1) is 5.54 Å². The zero-order chi connectivity index (χ0) is 15.6. The molecular weight excluding hydrogens is 294 g/mol. The summed E-state index contributed by atoms with van der Waals surface area (Å²) in [5.41, 5.74) is 6.91. The summed E-state index contributed by atoms with van der Waals surface area (Å²) < 4.78 is 0. The number of nitrogens with two attached hydrogens (primary N) is 1. The van der Waals surface area contributed by atoms with Gasteiger partial charge < -0.3 is 11.1 Å². The average molecular weight is 321 g/mol. The third-order valence-electron chi connectivity index (χ3n) is 5.50. The van der Waals surface area contributed by atoms with Crippen LogP contribution in [0.4, 0.5) is 0 Å². The molecule has 2 aliphatic rings. The van der Waals surface area contributed by atoms with Gasteiger partial charge >= 0.3 is 0 Å². The van der Waals surface area contributed by atoms with Crippen LogP contribution < -0.4 is 11.1 Å². The molecule has 1 amide bonds. The predicted octanol–water partition coefficient (Wildman–Crippen LogP) is 3.25. The number of thiazole rings is 1. The lowest BCUT2D eigenvalue weighted by atomic mass is 9.71. The molecule has 1 heterocycles. The van der Waals surface area contributed by atoms with Gasteiger partial charge in [-0.25, -0.2) is 4.98 Å². The summed E-state index contributed by atoms with van der Waals surface area (Å²) in [5, 5.41) is 6.47. The molecule has 22 heavy (non-hydrogen) atoms. The highest BCUT2D eigenvalue weighted by molar-refractivity contribution is 7.09. The summed E-state index contributed by atoms with van der Waals surface area (Å²) in [6.07, 6.45) is 9.67. The second-order valence-electron chi connectivity index (χ2n) is 7.22. The lowest BCUT2D eigenvalue weighted by Crippen LogP contribution is -2.52. The molecule has 0 radical (unpaired) electrons. The molecule has 3 rings (SSSR count). The maximum Gasteiger partial charge on any atom is 0.221 e. The summed E-state index contributed by atoms with van der Waals surface area (Å²) in [5.74, 6) is 0.167. The molecule has 0 spiro atoms. The van der Waals surface area contributed by atoms with Gasteiger partial charge in [0.25, 0.3) is 0 Å². The second-order valence-corrected chi connectivity index (χ2v) is 8.08. The van der Waals surface area contributed by atoms with Crippen LogP contribution in [0, 0.1) is 12.3 Å². The molecule has 3 N–H and O–H groups in total. The van der Waals surface area contributed by atoms with E-state index in [0.717, 1.165) is 36.4 Å². The van der Waals surface area contributed by atoms with Gasteiger partial charge in [0, 0.05) is 17.5 Å². The fourth-order valence-corrected chi connectivity index (χ4v) is 4.92. The van der Waals surface area contributed by atoms with Crippen LogP contribution in [0.3, 0.4) is 0 Å². The first kappa shape index (κ1) is 15.9. The molecule has 0 atom stereocenters. The Hall–Kier alpha value is -0.940. The number of amides is 1. The van der Waals surface area contributed by atoms with Crippen LogP contribution in [0.2, 0.25) is 0 Å². The van der Waals surface area contributed by atoms with E-state index in [-0.39, 0.29) is 16.9 Å². The second kappa shape index (κ2) is 6.28. The molecule has 0 unspecified atom stereocenters. The van der Waals surface area contributed by atoms with Gasteiger partial charge in [-0.3, -0.25) is 4.79 Å². The zero-order valence-electron chi connectivity index (χ0n) is 13.5. The first-order valence-corrected chi connectivity index (χ1v) is 9.39. The molecule has 4 nitrogen and oxygen atoms in total. The van der Waals surface area contributed by atoms with Gasteiger partial charge in [0.15, 0.2) is 0 Å². The minimum Gasteiger partial charge on any atom is -0.344 e.